The molecule has 1 saturated heterocycles. The van der Waals surface area contributed by atoms with Crippen LogP contribution in [0.25, 0.3) is 11.3 Å². The number of aromatic nitrogens is 1. The Morgan fingerprint density at radius 2 is 1.89 bits per heavy atom. The molecule has 1 aliphatic rings. The number of nitrogens with zero attached hydrogens (tertiary/aromatic N) is 2. The summed E-state index contributed by atoms with van der Waals surface area (Å²) in [5.74, 6) is 2.63. The summed E-state index contributed by atoms with van der Waals surface area (Å²) in [6.07, 6.45) is 4.90. The Bertz CT molecular complexity index is 866. The zero-order chi connectivity index (χ0) is 18.7. The predicted octanol–water partition coefficient (Wildman–Crippen LogP) is 3.83. The van der Waals surface area contributed by atoms with E-state index >= 15 is 0 Å². The van der Waals surface area contributed by atoms with E-state index in [0.717, 1.165) is 48.0 Å². The number of pyridine rings is 1. The van der Waals surface area contributed by atoms with Gasteiger partial charge in [-0.2, -0.15) is 0 Å². The Kier molecular flexibility index (Phi) is 4.97. The molecule has 0 saturated carbocycles. The molecule has 0 spiro atoms. The van der Waals surface area contributed by atoms with Crippen LogP contribution in [0.1, 0.15) is 24.2 Å². The number of methoxy groups -OCH3 is 1. The van der Waals surface area contributed by atoms with Crippen LogP contribution in [0.4, 0.5) is 0 Å². The molecule has 2 aromatic heterocycles. The lowest BCUT2D eigenvalue weighted by molar-refractivity contribution is -0.0291. The molecule has 3 heterocycles. The second kappa shape index (κ2) is 7.55. The standard InChI is InChI=1S/C22H24N2O3/c1-26-19-6-4-17(5-7-19)21-9-8-20(27-21)16-24-13-10-22(25,11-14-24)18-3-2-12-23-15-18/h2-9,12,15,25H,10-11,13-14,16H2,1H3. The molecule has 4 rings (SSSR count). The number of hydrogen-bond donors (Lipinski definition) is 1. The van der Waals surface area contributed by atoms with Gasteiger partial charge in [0.1, 0.15) is 17.3 Å². The molecule has 0 aliphatic carbocycles. The van der Waals surface area contributed by atoms with E-state index in [1.807, 2.05) is 48.5 Å². The number of rotatable bonds is 5. The highest BCUT2D eigenvalue weighted by Gasteiger charge is 2.34. The highest BCUT2D eigenvalue weighted by Crippen LogP contribution is 2.33. The topological polar surface area (TPSA) is 58.7 Å². The molecular formula is C22H24N2O3. The first-order valence-electron chi connectivity index (χ1n) is 9.25. The van der Waals surface area contributed by atoms with Crippen LogP contribution >= 0.6 is 0 Å². The van der Waals surface area contributed by atoms with Gasteiger partial charge >= 0.3 is 0 Å². The van der Waals surface area contributed by atoms with Crippen molar-refractivity contribution in [3.8, 4) is 17.1 Å². The minimum absolute atomic E-state index is 0.699. The Labute approximate surface area is 159 Å². The lowest BCUT2D eigenvalue weighted by Gasteiger charge is -2.38. The molecule has 1 fully saturated rings. The van der Waals surface area contributed by atoms with Crippen molar-refractivity contribution in [1.82, 2.24) is 9.88 Å². The van der Waals surface area contributed by atoms with Crippen LogP contribution in [0, 0.1) is 0 Å². The number of ether oxygens (including phenoxy) is 1. The van der Waals surface area contributed by atoms with Crippen LogP contribution in [0.15, 0.2) is 65.3 Å². The van der Waals surface area contributed by atoms with Crippen LogP contribution in [-0.4, -0.2) is 35.2 Å². The lowest BCUT2D eigenvalue weighted by atomic mass is 9.85. The zero-order valence-corrected chi connectivity index (χ0v) is 15.5. The molecule has 1 aliphatic heterocycles. The molecule has 3 aromatic rings. The van der Waals surface area contributed by atoms with Gasteiger partial charge < -0.3 is 14.3 Å². The molecule has 0 atom stereocenters. The van der Waals surface area contributed by atoms with Crippen LogP contribution < -0.4 is 4.74 Å². The first-order valence-corrected chi connectivity index (χ1v) is 9.25. The quantitative estimate of drug-likeness (QED) is 0.745. The Morgan fingerprint density at radius 3 is 2.56 bits per heavy atom. The van der Waals surface area contributed by atoms with E-state index in [1.165, 1.54) is 0 Å². The van der Waals surface area contributed by atoms with Gasteiger partial charge in [0.25, 0.3) is 0 Å². The maximum atomic E-state index is 10.9. The summed E-state index contributed by atoms with van der Waals surface area (Å²) in [5, 5.41) is 10.9. The predicted molar refractivity (Wildman–Crippen MR) is 103 cm³/mol. The van der Waals surface area contributed by atoms with Gasteiger partial charge in [0, 0.05) is 36.6 Å². The highest BCUT2D eigenvalue weighted by atomic mass is 16.5. The van der Waals surface area contributed by atoms with Gasteiger partial charge in [-0.25, -0.2) is 0 Å². The second-order valence-corrected chi connectivity index (χ2v) is 7.04. The van der Waals surface area contributed by atoms with E-state index in [4.69, 9.17) is 9.15 Å². The van der Waals surface area contributed by atoms with Crippen molar-refractivity contribution in [1.29, 1.82) is 0 Å². The minimum atomic E-state index is -0.776. The molecule has 1 N–H and O–H groups in total. The number of furan rings is 1. The number of aliphatic hydroxyl groups is 1. The van der Waals surface area contributed by atoms with E-state index in [1.54, 1.807) is 19.5 Å². The molecule has 0 amide bonds. The van der Waals surface area contributed by atoms with Crippen molar-refractivity contribution in [2.75, 3.05) is 20.2 Å². The summed E-state index contributed by atoms with van der Waals surface area (Å²) in [6, 6.07) is 15.7. The van der Waals surface area contributed by atoms with Gasteiger partial charge in [0.05, 0.1) is 19.3 Å². The van der Waals surface area contributed by atoms with Gasteiger partial charge in [-0.15, -0.1) is 0 Å². The maximum absolute atomic E-state index is 10.9. The third-order valence-corrected chi connectivity index (χ3v) is 5.30. The number of piperidine rings is 1. The Balaban J connectivity index is 1.37. The van der Waals surface area contributed by atoms with Crippen LogP contribution in [0.2, 0.25) is 0 Å². The van der Waals surface area contributed by atoms with Gasteiger partial charge in [-0.3, -0.25) is 9.88 Å². The largest absolute Gasteiger partial charge is 0.497 e. The molecule has 140 valence electrons. The van der Waals surface area contributed by atoms with Crippen molar-refractivity contribution in [2.24, 2.45) is 0 Å². The molecule has 0 unspecified atom stereocenters. The fourth-order valence-electron chi connectivity index (χ4n) is 3.60. The zero-order valence-electron chi connectivity index (χ0n) is 15.5. The minimum Gasteiger partial charge on any atom is -0.497 e. The average molecular weight is 364 g/mol. The molecule has 0 radical (unpaired) electrons. The third-order valence-electron chi connectivity index (χ3n) is 5.30. The lowest BCUT2D eigenvalue weighted by Crippen LogP contribution is -2.42. The summed E-state index contributed by atoms with van der Waals surface area (Å²) in [7, 11) is 1.66. The Morgan fingerprint density at radius 1 is 1.11 bits per heavy atom. The second-order valence-electron chi connectivity index (χ2n) is 7.04. The number of hydrogen-bond acceptors (Lipinski definition) is 5. The van der Waals surface area contributed by atoms with Crippen LogP contribution in [-0.2, 0) is 12.1 Å². The smallest absolute Gasteiger partial charge is 0.134 e. The third kappa shape index (κ3) is 3.89. The summed E-state index contributed by atoms with van der Waals surface area (Å²) >= 11 is 0. The summed E-state index contributed by atoms with van der Waals surface area (Å²) in [4.78, 5) is 6.46. The highest BCUT2D eigenvalue weighted by molar-refractivity contribution is 5.58. The summed E-state index contributed by atoms with van der Waals surface area (Å²) < 4.78 is 11.2. The monoisotopic (exact) mass is 364 g/mol. The molecular weight excluding hydrogens is 340 g/mol. The SMILES string of the molecule is COc1ccc(-c2ccc(CN3CCC(O)(c4cccnc4)CC3)o2)cc1. The summed E-state index contributed by atoms with van der Waals surface area (Å²) in [6.45, 7) is 2.40. The first kappa shape index (κ1) is 17.8. The average Bonchev–Trinajstić information content (AvgIpc) is 3.19. The fraction of sp³-hybridized carbons (Fsp3) is 0.318. The maximum Gasteiger partial charge on any atom is 0.134 e. The fourth-order valence-corrected chi connectivity index (χ4v) is 3.60. The van der Waals surface area contributed by atoms with Crippen LogP contribution in [0.3, 0.4) is 0 Å². The number of benzene rings is 1. The Hall–Kier alpha value is -2.63. The van der Waals surface area contributed by atoms with E-state index in [9.17, 15) is 5.11 Å². The van der Waals surface area contributed by atoms with E-state index < -0.39 is 5.60 Å². The van der Waals surface area contributed by atoms with Crippen molar-refractivity contribution in [3.63, 3.8) is 0 Å². The van der Waals surface area contributed by atoms with Crippen molar-refractivity contribution in [2.45, 2.75) is 25.0 Å². The van der Waals surface area contributed by atoms with E-state index in [0.29, 0.717) is 12.8 Å². The van der Waals surface area contributed by atoms with Gasteiger partial charge in [0.2, 0.25) is 0 Å². The normalized spacial score (nSPS) is 17.0. The molecule has 0 bridgehead atoms. The molecule has 1 aromatic carbocycles. The van der Waals surface area contributed by atoms with Crippen molar-refractivity contribution < 1.29 is 14.3 Å². The summed E-state index contributed by atoms with van der Waals surface area (Å²) in [5.41, 5.74) is 1.17. The molecule has 27 heavy (non-hydrogen) atoms. The molecule has 5 nitrogen and oxygen atoms in total. The number of likely N-dealkylation sites (tertiary alicyclic amines) is 1. The van der Waals surface area contributed by atoms with Crippen molar-refractivity contribution in [3.05, 3.63) is 72.2 Å². The van der Waals surface area contributed by atoms with Gasteiger partial charge in [-0.05, 0) is 55.3 Å². The van der Waals surface area contributed by atoms with Gasteiger partial charge in [0.15, 0.2) is 0 Å². The van der Waals surface area contributed by atoms with Crippen LogP contribution in [0.5, 0.6) is 5.75 Å². The van der Waals surface area contributed by atoms with Crippen molar-refractivity contribution >= 4 is 0 Å². The van der Waals surface area contributed by atoms with E-state index in [-0.39, 0.29) is 0 Å². The van der Waals surface area contributed by atoms with E-state index in [2.05, 4.69) is 9.88 Å². The van der Waals surface area contributed by atoms with Gasteiger partial charge in [-0.1, -0.05) is 6.07 Å². The first-order chi connectivity index (χ1) is 13.2. The molecule has 5 heteroatoms.